The largest absolute Gasteiger partial charge is 0.457 e. The first-order valence-electron chi connectivity index (χ1n) is 6.73. The minimum Gasteiger partial charge on any atom is -0.457 e. The molecule has 0 aliphatic carbocycles. The molecule has 8 heteroatoms. The number of esters is 1. The number of imide groups is 3. The minimum atomic E-state index is -2.71. The van der Waals surface area contributed by atoms with Crippen LogP contribution in [-0.4, -0.2) is 50.7 Å². The second-order valence-electron chi connectivity index (χ2n) is 7.05. The SMILES string of the molecule is CC(C)(C)OC(=O)N1C(=O)C[C@@](O)(C(=O)OC(C)(C)C)C1=O. The van der Waals surface area contributed by atoms with Crippen molar-refractivity contribution in [3.8, 4) is 0 Å². The molecule has 0 spiro atoms. The summed E-state index contributed by atoms with van der Waals surface area (Å²) in [6.07, 6.45) is -2.10. The summed E-state index contributed by atoms with van der Waals surface area (Å²) in [7, 11) is 0. The van der Waals surface area contributed by atoms with Crippen LogP contribution in [0.5, 0.6) is 0 Å². The van der Waals surface area contributed by atoms with Crippen molar-refractivity contribution in [2.75, 3.05) is 0 Å². The Bertz CT molecular complexity index is 526. The van der Waals surface area contributed by atoms with Crippen molar-refractivity contribution < 1.29 is 33.8 Å². The first-order valence-corrected chi connectivity index (χ1v) is 6.73. The number of hydrogen-bond donors (Lipinski definition) is 1. The molecule has 124 valence electrons. The normalized spacial score (nSPS) is 22.8. The molecule has 1 rings (SSSR count). The Labute approximate surface area is 128 Å². The van der Waals surface area contributed by atoms with Crippen LogP contribution in [-0.2, 0) is 23.9 Å². The number of amides is 3. The molecule has 1 aliphatic rings. The monoisotopic (exact) mass is 315 g/mol. The van der Waals surface area contributed by atoms with Gasteiger partial charge < -0.3 is 14.6 Å². The topological polar surface area (TPSA) is 110 Å². The summed E-state index contributed by atoms with van der Waals surface area (Å²) in [6, 6.07) is 0. The zero-order valence-electron chi connectivity index (χ0n) is 13.6. The number of hydrogen-bond acceptors (Lipinski definition) is 7. The maximum atomic E-state index is 12.1. The first kappa shape index (κ1) is 18.1. The van der Waals surface area contributed by atoms with E-state index in [2.05, 4.69) is 0 Å². The lowest BCUT2D eigenvalue weighted by Crippen LogP contribution is -2.51. The van der Waals surface area contributed by atoms with Gasteiger partial charge in [-0.05, 0) is 41.5 Å². The van der Waals surface area contributed by atoms with Gasteiger partial charge >= 0.3 is 12.1 Å². The second-order valence-corrected chi connectivity index (χ2v) is 7.05. The molecular weight excluding hydrogens is 294 g/mol. The number of ether oxygens (including phenoxy) is 2. The van der Waals surface area contributed by atoms with Gasteiger partial charge in [0.05, 0.1) is 6.42 Å². The fourth-order valence-corrected chi connectivity index (χ4v) is 1.69. The molecule has 0 aromatic carbocycles. The van der Waals surface area contributed by atoms with E-state index in [-0.39, 0.29) is 4.90 Å². The molecule has 1 heterocycles. The Morgan fingerprint density at radius 3 is 1.91 bits per heavy atom. The van der Waals surface area contributed by atoms with Crippen LogP contribution < -0.4 is 0 Å². The molecule has 0 aromatic heterocycles. The number of carbonyl (C=O) groups excluding carboxylic acids is 4. The van der Waals surface area contributed by atoms with Gasteiger partial charge in [0.25, 0.3) is 11.5 Å². The van der Waals surface area contributed by atoms with Crippen LogP contribution in [0.15, 0.2) is 0 Å². The van der Waals surface area contributed by atoms with Gasteiger partial charge in [-0.3, -0.25) is 9.59 Å². The summed E-state index contributed by atoms with van der Waals surface area (Å²) >= 11 is 0. The first-order chi connectivity index (χ1) is 9.67. The average Bonchev–Trinajstić information content (AvgIpc) is 2.45. The van der Waals surface area contributed by atoms with E-state index in [1.807, 2.05) is 0 Å². The summed E-state index contributed by atoms with van der Waals surface area (Å²) in [4.78, 5) is 48.0. The molecule has 3 amide bonds. The highest BCUT2D eigenvalue weighted by Crippen LogP contribution is 2.29. The van der Waals surface area contributed by atoms with Crippen LogP contribution in [0.3, 0.4) is 0 Å². The van der Waals surface area contributed by atoms with Crippen LogP contribution in [0, 0.1) is 0 Å². The number of carbonyl (C=O) groups is 4. The van der Waals surface area contributed by atoms with E-state index in [9.17, 15) is 24.3 Å². The zero-order valence-corrected chi connectivity index (χ0v) is 13.6. The molecule has 8 nitrogen and oxygen atoms in total. The zero-order chi connectivity index (χ0) is 17.5. The van der Waals surface area contributed by atoms with Gasteiger partial charge in [-0.2, -0.15) is 4.90 Å². The molecule has 1 fully saturated rings. The summed E-state index contributed by atoms with van der Waals surface area (Å²) in [5, 5.41) is 10.2. The molecule has 1 atom stereocenters. The molecular formula is C14H21NO7. The third-order valence-electron chi connectivity index (χ3n) is 2.53. The van der Waals surface area contributed by atoms with Crippen molar-refractivity contribution in [3.63, 3.8) is 0 Å². The van der Waals surface area contributed by atoms with Crippen molar-refractivity contribution in [3.05, 3.63) is 0 Å². The van der Waals surface area contributed by atoms with E-state index >= 15 is 0 Å². The van der Waals surface area contributed by atoms with Gasteiger partial charge in [0.1, 0.15) is 11.2 Å². The highest BCUT2D eigenvalue weighted by Gasteiger charge is 2.60. The van der Waals surface area contributed by atoms with Gasteiger partial charge in [0.2, 0.25) is 5.91 Å². The quantitative estimate of drug-likeness (QED) is 0.432. The van der Waals surface area contributed by atoms with Crippen LogP contribution in [0.25, 0.3) is 0 Å². The number of aliphatic hydroxyl groups is 1. The minimum absolute atomic E-state index is 0.134. The van der Waals surface area contributed by atoms with Gasteiger partial charge in [-0.1, -0.05) is 0 Å². The van der Waals surface area contributed by atoms with Crippen molar-refractivity contribution in [2.24, 2.45) is 0 Å². The summed E-state index contributed by atoms with van der Waals surface area (Å²) in [5.41, 5.74) is -4.61. The summed E-state index contributed by atoms with van der Waals surface area (Å²) in [6.45, 7) is 9.28. The van der Waals surface area contributed by atoms with Gasteiger partial charge in [0.15, 0.2) is 0 Å². The Hall–Kier alpha value is -1.96. The summed E-state index contributed by atoms with van der Waals surface area (Å²) in [5.74, 6) is -3.65. The number of likely N-dealkylation sites (tertiary alicyclic amines) is 1. The predicted octanol–water partition coefficient (Wildman–Crippen LogP) is 0.753. The molecule has 1 N–H and O–H groups in total. The second kappa shape index (κ2) is 5.35. The molecule has 22 heavy (non-hydrogen) atoms. The van der Waals surface area contributed by atoms with Gasteiger partial charge in [-0.25, -0.2) is 9.59 Å². The number of rotatable bonds is 1. The standard InChI is InChI=1S/C14H21NO7/c1-12(2,3)21-10(18)14(20)7-8(16)15(9(14)17)11(19)22-13(4,5)6/h20H,7H2,1-6H3/t14-/m0/s1. The average molecular weight is 315 g/mol. The Morgan fingerprint density at radius 1 is 1.05 bits per heavy atom. The Balaban J connectivity index is 3.01. The lowest BCUT2D eigenvalue weighted by molar-refractivity contribution is -0.179. The molecule has 0 saturated carbocycles. The van der Waals surface area contributed by atoms with Crippen LogP contribution in [0.1, 0.15) is 48.0 Å². The fourth-order valence-electron chi connectivity index (χ4n) is 1.69. The molecule has 1 saturated heterocycles. The Morgan fingerprint density at radius 2 is 1.50 bits per heavy atom. The molecule has 0 bridgehead atoms. The molecule has 0 aromatic rings. The van der Waals surface area contributed by atoms with Gasteiger partial charge in [-0.15, -0.1) is 0 Å². The predicted molar refractivity (Wildman–Crippen MR) is 73.5 cm³/mol. The number of nitrogens with zero attached hydrogens (tertiary/aromatic N) is 1. The van der Waals surface area contributed by atoms with Crippen LogP contribution >= 0.6 is 0 Å². The maximum Gasteiger partial charge on any atom is 0.424 e. The third-order valence-corrected chi connectivity index (χ3v) is 2.53. The lowest BCUT2D eigenvalue weighted by atomic mass is 10.0. The fraction of sp³-hybridized carbons (Fsp3) is 0.714. The smallest absolute Gasteiger partial charge is 0.424 e. The molecule has 0 unspecified atom stereocenters. The van der Waals surface area contributed by atoms with Crippen molar-refractivity contribution in [1.82, 2.24) is 4.90 Å². The van der Waals surface area contributed by atoms with Crippen LogP contribution in [0.2, 0.25) is 0 Å². The maximum absolute atomic E-state index is 12.1. The highest BCUT2D eigenvalue weighted by atomic mass is 16.6. The van der Waals surface area contributed by atoms with Gasteiger partial charge in [0, 0.05) is 0 Å². The van der Waals surface area contributed by atoms with E-state index in [1.54, 1.807) is 41.5 Å². The highest BCUT2D eigenvalue weighted by molar-refractivity contribution is 6.24. The lowest BCUT2D eigenvalue weighted by Gasteiger charge is -2.26. The van der Waals surface area contributed by atoms with E-state index in [1.165, 1.54) is 0 Å². The van der Waals surface area contributed by atoms with Crippen molar-refractivity contribution in [1.29, 1.82) is 0 Å². The molecule has 0 radical (unpaired) electrons. The third kappa shape index (κ3) is 3.82. The Kier molecular flexibility index (Phi) is 4.40. The van der Waals surface area contributed by atoms with Crippen molar-refractivity contribution in [2.45, 2.75) is 64.8 Å². The molecule has 1 aliphatic heterocycles. The van der Waals surface area contributed by atoms with E-state index in [0.717, 1.165) is 0 Å². The van der Waals surface area contributed by atoms with Crippen LogP contribution in [0.4, 0.5) is 4.79 Å². The van der Waals surface area contributed by atoms with E-state index in [0.29, 0.717) is 0 Å². The van der Waals surface area contributed by atoms with E-state index in [4.69, 9.17) is 9.47 Å². The van der Waals surface area contributed by atoms with Crippen molar-refractivity contribution >= 4 is 23.9 Å². The summed E-state index contributed by atoms with van der Waals surface area (Å²) < 4.78 is 9.85. The van der Waals surface area contributed by atoms with E-state index < -0.39 is 47.1 Å².